The number of para-hydroxylation sites is 1. The van der Waals surface area contributed by atoms with Gasteiger partial charge in [-0.05, 0) is 18.2 Å². The molecule has 0 aliphatic rings. The summed E-state index contributed by atoms with van der Waals surface area (Å²) < 4.78 is 26.0. The van der Waals surface area contributed by atoms with Gasteiger partial charge in [0.2, 0.25) is 10.0 Å². The maximum Gasteiger partial charge on any atom is 0.208 e. The predicted molar refractivity (Wildman–Crippen MR) is 78.1 cm³/mol. The summed E-state index contributed by atoms with van der Waals surface area (Å²) in [5, 5.41) is 7.58. The van der Waals surface area contributed by atoms with Crippen LogP contribution in [-0.2, 0) is 16.6 Å². The van der Waals surface area contributed by atoms with Crippen molar-refractivity contribution < 1.29 is 8.42 Å². The summed E-state index contributed by atoms with van der Waals surface area (Å²) in [7, 11) is -3.11. The molecule has 0 spiro atoms. The van der Waals surface area contributed by atoms with Gasteiger partial charge >= 0.3 is 0 Å². The Bertz CT molecular complexity index is 637. The van der Waals surface area contributed by atoms with Crippen molar-refractivity contribution >= 4 is 10.0 Å². The van der Waals surface area contributed by atoms with Crippen molar-refractivity contribution in [2.75, 3.05) is 19.3 Å². The van der Waals surface area contributed by atoms with E-state index < -0.39 is 10.0 Å². The van der Waals surface area contributed by atoms with E-state index in [4.69, 9.17) is 0 Å². The van der Waals surface area contributed by atoms with Crippen LogP contribution in [-0.4, -0.2) is 37.5 Å². The molecule has 0 radical (unpaired) electrons. The molecule has 1 heterocycles. The summed E-state index contributed by atoms with van der Waals surface area (Å²) in [6, 6.07) is 11.8. The van der Waals surface area contributed by atoms with Crippen LogP contribution >= 0.6 is 0 Å². The van der Waals surface area contributed by atoms with Gasteiger partial charge in [0.05, 0.1) is 17.6 Å². The Balaban J connectivity index is 1.79. The number of hydrogen-bond acceptors (Lipinski definition) is 4. The number of nitrogens with zero attached hydrogens (tertiary/aromatic N) is 2. The zero-order valence-corrected chi connectivity index (χ0v) is 12.1. The van der Waals surface area contributed by atoms with Crippen molar-refractivity contribution in [1.29, 1.82) is 0 Å². The molecule has 2 rings (SSSR count). The molecule has 20 heavy (non-hydrogen) atoms. The van der Waals surface area contributed by atoms with Gasteiger partial charge in [-0.3, -0.25) is 0 Å². The van der Waals surface area contributed by atoms with E-state index in [1.54, 1.807) is 0 Å². The van der Waals surface area contributed by atoms with Crippen molar-refractivity contribution in [2.45, 2.75) is 6.54 Å². The molecule has 1 aromatic carbocycles. The number of rotatable bonds is 7. The topological polar surface area (TPSA) is 76.0 Å². The van der Waals surface area contributed by atoms with Crippen molar-refractivity contribution in [1.82, 2.24) is 19.8 Å². The lowest BCUT2D eigenvalue weighted by Crippen LogP contribution is -2.30. The third-order valence-corrected chi connectivity index (χ3v) is 3.37. The van der Waals surface area contributed by atoms with Crippen molar-refractivity contribution in [2.24, 2.45) is 0 Å². The van der Waals surface area contributed by atoms with E-state index in [-0.39, 0.29) is 0 Å². The maximum atomic E-state index is 10.9. The highest BCUT2D eigenvalue weighted by Crippen LogP contribution is 2.06. The third-order valence-electron chi connectivity index (χ3n) is 2.64. The fourth-order valence-corrected chi connectivity index (χ4v) is 2.19. The van der Waals surface area contributed by atoms with Gasteiger partial charge < -0.3 is 5.32 Å². The highest BCUT2D eigenvalue weighted by Gasteiger charge is 2.01. The molecule has 7 heteroatoms. The first kappa shape index (κ1) is 14.7. The monoisotopic (exact) mass is 294 g/mol. The molecular formula is C13H18N4O2S. The quantitative estimate of drug-likeness (QED) is 0.730. The number of hydrogen-bond donors (Lipinski definition) is 2. The van der Waals surface area contributed by atoms with E-state index in [0.717, 1.165) is 17.6 Å². The Hall–Kier alpha value is -1.70. The molecule has 0 saturated heterocycles. The summed E-state index contributed by atoms with van der Waals surface area (Å²) in [6.07, 6.45) is 3.05. The predicted octanol–water partition coefficient (Wildman–Crippen LogP) is 0.511. The van der Waals surface area contributed by atoms with Crippen LogP contribution in [0.3, 0.4) is 0 Å². The number of aromatic nitrogens is 2. The van der Waals surface area contributed by atoms with Crippen LogP contribution in [0.25, 0.3) is 5.69 Å². The molecule has 0 bridgehead atoms. The molecular weight excluding hydrogens is 276 g/mol. The molecule has 0 atom stereocenters. The zero-order valence-electron chi connectivity index (χ0n) is 11.3. The SMILES string of the molecule is CS(=O)(=O)NCCNCc1ccn(-c2ccccc2)n1. The molecule has 108 valence electrons. The smallest absolute Gasteiger partial charge is 0.208 e. The van der Waals surface area contributed by atoms with E-state index in [1.807, 2.05) is 47.3 Å². The van der Waals surface area contributed by atoms with Crippen molar-refractivity contribution in [3.63, 3.8) is 0 Å². The Morgan fingerprint density at radius 2 is 1.90 bits per heavy atom. The van der Waals surface area contributed by atoms with Gasteiger partial charge in [-0.1, -0.05) is 18.2 Å². The number of benzene rings is 1. The van der Waals surface area contributed by atoms with Gasteiger partial charge in [-0.15, -0.1) is 0 Å². The van der Waals surface area contributed by atoms with Gasteiger partial charge in [0, 0.05) is 25.8 Å². The van der Waals surface area contributed by atoms with Gasteiger partial charge in [-0.2, -0.15) is 5.10 Å². The van der Waals surface area contributed by atoms with E-state index >= 15 is 0 Å². The maximum absolute atomic E-state index is 10.9. The average molecular weight is 294 g/mol. The molecule has 0 unspecified atom stereocenters. The van der Waals surface area contributed by atoms with Crippen LogP contribution in [0.4, 0.5) is 0 Å². The molecule has 0 amide bonds. The Morgan fingerprint density at radius 3 is 2.60 bits per heavy atom. The van der Waals surface area contributed by atoms with Gasteiger partial charge in [0.15, 0.2) is 0 Å². The molecule has 1 aromatic heterocycles. The average Bonchev–Trinajstić information content (AvgIpc) is 2.87. The second-order valence-corrected chi connectivity index (χ2v) is 6.26. The van der Waals surface area contributed by atoms with Gasteiger partial charge in [0.1, 0.15) is 0 Å². The standard InChI is InChI=1S/C13H18N4O2S/c1-20(18,19)15-9-8-14-11-12-7-10-17(16-12)13-5-3-2-4-6-13/h2-7,10,14-15H,8-9,11H2,1H3. The molecule has 6 nitrogen and oxygen atoms in total. The minimum atomic E-state index is -3.11. The van der Waals surface area contributed by atoms with E-state index in [0.29, 0.717) is 19.6 Å². The molecule has 0 fully saturated rings. The lowest BCUT2D eigenvalue weighted by atomic mass is 10.3. The first-order valence-electron chi connectivity index (χ1n) is 6.30. The molecule has 2 N–H and O–H groups in total. The van der Waals surface area contributed by atoms with E-state index in [1.165, 1.54) is 0 Å². The fourth-order valence-electron chi connectivity index (χ4n) is 1.72. The fraction of sp³-hybridized carbons (Fsp3) is 0.308. The van der Waals surface area contributed by atoms with Gasteiger partial charge in [0.25, 0.3) is 0 Å². The summed E-state index contributed by atoms with van der Waals surface area (Å²) >= 11 is 0. The molecule has 0 saturated carbocycles. The summed E-state index contributed by atoms with van der Waals surface area (Å²) in [4.78, 5) is 0. The lowest BCUT2D eigenvalue weighted by Gasteiger charge is -2.03. The normalized spacial score (nSPS) is 11.7. The zero-order chi connectivity index (χ0) is 14.4. The first-order chi connectivity index (χ1) is 9.54. The lowest BCUT2D eigenvalue weighted by molar-refractivity contribution is 0.580. The third kappa shape index (κ3) is 4.76. The Kier molecular flexibility index (Phi) is 4.89. The number of nitrogens with one attached hydrogen (secondary N) is 2. The molecule has 2 aromatic rings. The largest absolute Gasteiger partial charge is 0.310 e. The summed E-state index contributed by atoms with van der Waals surface area (Å²) in [6.45, 7) is 1.54. The highest BCUT2D eigenvalue weighted by atomic mass is 32.2. The van der Waals surface area contributed by atoms with Gasteiger partial charge in [-0.25, -0.2) is 17.8 Å². The van der Waals surface area contributed by atoms with Crippen LogP contribution < -0.4 is 10.0 Å². The van der Waals surface area contributed by atoms with Crippen LogP contribution in [0.5, 0.6) is 0 Å². The van der Waals surface area contributed by atoms with Crippen LogP contribution in [0.1, 0.15) is 5.69 Å². The Labute approximate surface area is 118 Å². The first-order valence-corrected chi connectivity index (χ1v) is 8.19. The van der Waals surface area contributed by atoms with Crippen LogP contribution in [0.2, 0.25) is 0 Å². The Morgan fingerprint density at radius 1 is 1.15 bits per heavy atom. The van der Waals surface area contributed by atoms with Crippen molar-refractivity contribution in [3.05, 3.63) is 48.3 Å². The molecule has 0 aliphatic heterocycles. The second kappa shape index (κ2) is 6.65. The van der Waals surface area contributed by atoms with Crippen molar-refractivity contribution in [3.8, 4) is 5.69 Å². The second-order valence-electron chi connectivity index (χ2n) is 4.43. The van der Waals surface area contributed by atoms with Crippen LogP contribution in [0.15, 0.2) is 42.6 Å². The van der Waals surface area contributed by atoms with E-state index in [2.05, 4.69) is 15.1 Å². The minimum Gasteiger partial charge on any atom is -0.310 e. The van der Waals surface area contributed by atoms with E-state index in [9.17, 15) is 8.42 Å². The summed E-state index contributed by atoms with van der Waals surface area (Å²) in [5.41, 5.74) is 1.92. The highest BCUT2D eigenvalue weighted by molar-refractivity contribution is 7.88. The number of sulfonamides is 1. The van der Waals surface area contributed by atoms with Crippen LogP contribution in [0, 0.1) is 0 Å². The minimum absolute atomic E-state index is 0.373. The molecule has 0 aliphatic carbocycles. The summed E-state index contributed by atoms with van der Waals surface area (Å²) in [5.74, 6) is 0.